The third-order valence-electron chi connectivity index (χ3n) is 3.68. The summed E-state index contributed by atoms with van der Waals surface area (Å²) in [6.45, 7) is 0. The largest absolute Gasteiger partial charge is 0.204 e. The van der Waals surface area contributed by atoms with E-state index in [0.29, 0.717) is 5.56 Å². The van der Waals surface area contributed by atoms with Gasteiger partial charge in [-0.25, -0.2) is 8.78 Å². The van der Waals surface area contributed by atoms with Crippen LogP contribution in [0.4, 0.5) is 8.78 Å². The maximum absolute atomic E-state index is 13.2. The van der Waals surface area contributed by atoms with E-state index in [2.05, 4.69) is 0 Å². The van der Waals surface area contributed by atoms with Gasteiger partial charge in [0.2, 0.25) is 0 Å². The Balaban J connectivity index is 1.99. The first-order valence-electron chi connectivity index (χ1n) is 6.36. The van der Waals surface area contributed by atoms with Crippen molar-refractivity contribution in [2.45, 2.75) is 43.9 Å². The molecule has 100 valence electrons. The fourth-order valence-corrected chi connectivity index (χ4v) is 3.26. The van der Waals surface area contributed by atoms with Gasteiger partial charge >= 0.3 is 0 Å². The van der Waals surface area contributed by atoms with Crippen molar-refractivity contribution in [3.8, 4) is 0 Å². The van der Waals surface area contributed by atoms with Crippen LogP contribution in [0.15, 0.2) is 12.1 Å². The number of benzene rings is 1. The van der Waals surface area contributed by atoms with E-state index in [4.69, 9.17) is 23.2 Å². The van der Waals surface area contributed by atoms with Crippen molar-refractivity contribution in [3.05, 3.63) is 34.4 Å². The molecule has 4 heteroatoms. The summed E-state index contributed by atoms with van der Waals surface area (Å²) in [7, 11) is 0. The van der Waals surface area contributed by atoms with Crippen LogP contribution in [0.1, 0.15) is 49.5 Å². The van der Waals surface area contributed by atoms with E-state index >= 15 is 0 Å². The first kappa shape index (κ1) is 14.1. The Morgan fingerprint density at radius 1 is 1.17 bits per heavy atom. The standard InChI is InChI=1S/C14H16Cl2F2/c15-11(6-5-9-3-1-2-4-9)10-7-13(17)14(18)8-12(10)16/h7-9,11H,1-6H2. The van der Waals surface area contributed by atoms with Crippen LogP contribution in [0.5, 0.6) is 0 Å². The average Bonchev–Trinajstić information content (AvgIpc) is 2.84. The van der Waals surface area contributed by atoms with Gasteiger partial charge in [0, 0.05) is 5.02 Å². The van der Waals surface area contributed by atoms with Crippen molar-refractivity contribution in [2.24, 2.45) is 5.92 Å². The number of alkyl halides is 1. The molecular formula is C14H16Cl2F2. The van der Waals surface area contributed by atoms with Gasteiger partial charge in [0.05, 0.1) is 5.38 Å². The molecule has 1 aromatic rings. The molecule has 0 spiro atoms. The maximum atomic E-state index is 13.2. The van der Waals surface area contributed by atoms with Crippen LogP contribution in [-0.4, -0.2) is 0 Å². The lowest BCUT2D eigenvalue weighted by molar-refractivity contribution is 0.477. The van der Waals surface area contributed by atoms with E-state index in [1.165, 1.54) is 25.7 Å². The van der Waals surface area contributed by atoms with Gasteiger partial charge in [-0.2, -0.15) is 0 Å². The van der Waals surface area contributed by atoms with Crippen LogP contribution in [0, 0.1) is 17.6 Å². The molecule has 0 nitrogen and oxygen atoms in total. The quantitative estimate of drug-likeness (QED) is 0.481. The van der Waals surface area contributed by atoms with Crippen LogP contribution in [-0.2, 0) is 0 Å². The Kier molecular flexibility index (Phi) is 4.85. The molecule has 2 rings (SSSR count). The molecular weight excluding hydrogens is 277 g/mol. The van der Waals surface area contributed by atoms with Crippen molar-refractivity contribution in [3.63, 3.8) is 0 Å². The Morgan fingerprint density at radius 2 is 1.78 bits per heavy atom. The van der Waals surface area contributed by atoms with Crippen LogP contribution in [0.25, 0.3) is 0 Å². The normalized spacial score (nSPS) is 18.2. The summed E-state index contributed by atoms with van der Waals surface area (Å²) in [4.78, 5) is 0. The SMILES string of the molecule is Fc1cc(Cl)c(C(Cl)CCC2CCCC2)cc1F. The highest BCUT2D eigenvalue weighted by Gasteiger charge is 2.19. The zero-order valence-corrected chi connectivity index (χ0v) is 11.6. The van der Waals surface area contributed by atoms with Gasteiger partial charge in [-0.15, -0.1) is 11.6 Å². The van der Waals surface area contributed by atoms with Crippen LogP contribution >= 0.6 is 23.2 Å². The van der Waals surface area contributed by atoms with E-state index < -0.39 is 11.6 Å². The zero-order valence-electron chi connectivity index (χ0n) is 10.1. The van der Waals surface area contributed by atoms with Gasteiger partial charge in [0.25, 0.3) is 0 Å². The van der Waals surface area contributed by atoms with E-state index in [1.807, 2.05) is 0 Å². The smallest absolute Gasteiger partial charge is 0.160 e. The van der Waals surface area contributed by atoms with Crippen molar-refractivity contribution in [1.82, 2.24) is 0 Å². The molecule has 0 N–H and O–H groups in total. The van der Waals surface area contributed by atoms with E-state index in [9.17, 15) is 8.78 Å². The lowest BCUT2D eigenvalue weighted by atomic mass is 9.98. The number of hydrogen-bond acceptors (Lipinski definition) is 0. The van der Waals surface area contributed by atoms with Crippen molar-refractivity contribution >= 4 is 23.2 Å². The van der Waals surface area contributed by atoms with Crippen molar-refractivity contribution in [2.75, 3.05) is 0 Å². The van der Waals surface area contributed by atoms with Crippen LogP contribution in [0.3, 0.4) is 0 Å². The summed E-state index contributed by atoms with van der Waals surface area (Å²) in [5, 5.41) is -0.131. The highest BCUT2D eigenvalue weighted by atomic mass is 35.5. The fourth-order valence-electron chi connectivity index (χ4n) is 2.61. The molecule has 0 bridgehead atoms. The molecule has 18 heavy (non-hydrogen) atoms. The molecule has 0 saturated heterocycles. The molecule has 1 aromatic carbocycles. The first-order valence-corrected chi connectivity index (χ1v) is 7.18. The van der Waals surface area contributed by atoms with Crippen LogP contribution < -0.4 is 0 Å². The first-order chi connectivity index (χ1) is 8.58. The highest BCUT2D eigenvalue weighted by molar-refractivity contribution is 6.32. The number of hydrogen-bond donors (Lipinski definition) is 0. The Labute approximate surface area is 116 Å². The van der Waals surface area contributed by atoms with Crippen molar-refractivity contribution in [1.29, 1.82) is 0 Å². The summed E-state index contributed by atoms with van der Waals surface area (Å²) in [6.07, 6.45) is 6.90. The van der Waals surface area contributed by atoms with Gasteiger partial charge in [-0.05, 0) is 36.5 Å². The molecule has 0 aromatic heterocycles. The minimum atomic E-state index is -0.927. The summed E-state index contributed by atoms with van der Waals surface area (Å²) in [5.41, 5.74) is 0.496. The highest BCUT2D eigenvalue weighted by Crippen LogP contribution is 2.36. The Bertz CT molecular complexity index is 415. The molecule has 1 saturated carbocycles. The summed E-state index contributed by atoms with van der Waals surface area (Å²) in [5.74, 6) is -1.08. The number of rotatable bonds is 4. The lowest BCUT2D eigenvalue weighted by Gasteiger charge is -2.15. The molecule has 1 aliphatic carbocycles. The Hall–Kier alpha value is -0.340. The Morgan fingerprint density at radius 3 is 2.44 bits per heavy atom. The van der Waals surface area contributed by atoms with Gasteiger partial charge < -0.3 is 0 Å². The van der Waals surface area contributed by atoms with Crippen LogP contribution in [0.2, 0.25) is 5.02 Å². The van der Waals surface area contributed by atoms with Gasteiger partial charge in [0.1, 0.15) is 0 Å². The number of halogens is 4. The zero-order chi connectivity index (χ0) is 13.1. The molecule has 1 aliphatic rings. The van der Waals surface area contributed by atoms with Gasteiger partial charge in [-0.3, -0.25) is 0 Å². The van der Waals surface area contributed by atoms with E-state index in [-0.39, 0.29) is 10.4 Å². The molecule has 0 heterocycles. The summed E-state index contributed by atoms with van der Waals surface area (Å²) < 4.78 is 26.1. The summed E-state index contributed by atoms with van der Waals surface area (Å²) >= 11 is 12.1. The lowest BCUT2D eigenvalue weighted by Crippen LogP contribution is -1.99. The molecule has 0 radical (unpaired) electrons. The fraction of sp³-hybridized carbons (Fsp3) is 0.571. The predicted octanol–water partition coefficient (Wildman–Crippen LogP) is 5.87. The second-order valence-electron chi connectivity index (χ2n) is 4.98. The molecule has 1 unspecified atom stereocenters. The monoisotopic (exact) mass is 292 g/mol. The molecule has 1 fully saturated rings. The van der Waals surface area contributed by atoms with Crippen molar-refractivity contribution < 1.29 is 8.78 Å². The minimum Gasteiger partial charge on any atom is -0.204 e. The second-order valence-corrected chi connectivity index (χ2v) is 5.92. The topological polar surface area (TPSA) is 0 Å². The molecule has 0 amide bonds. The third kappa shape index (κ3) is 3.36. The summed E-state index contributed by atoms with van der Waals surface area (Å²) in [6, 6.07) is 2.11. The van der Waals surface area contributed by atoms with E-state index in [0.717, 1.165) is 30.9 Å². The van der Waals surface area contributed by atoms with Gasteiger partial charge in [0.15, 0.2) is 11.6 Å². The van der Waals surface area contributed by atoms with E-state index in [1.54, 1.807) is 0 Å². The average molecular weight is 293 g/mol. The molecule has 1 atom stereocenters. The maximum Gasteiger partial charge on any atom is 0.160 e. The molecule has 0 aliphatic heterocycles. The van der Waals surface area contributed by atoms with Gasteiger partial charge in [-0.1, -0.05) is 37.3 Å². The predicted molar refractivity (Wildman–Crippen MR) is 71.2 cm³/mol. The minimum absolute atomic E-state index is 0.209. The third-order valence-corrected chi connectivity index (χ3v) is 4.46. The second kappa shape index (κ2) is 6.21.